The fourth-order valence-corrected chi connectivity index (χ4v) is 2.18. The minimum absolute atomic E-state index is 0.139. The van der Waals surface area contributed by atoms with Crippen LogP contribution in [0.2, 0.25) is 0 Å². The van der Waals surface area contributed by atoms with E-state index in [0.717, 1.165) is 0 Å². The van der Waals surface area contributed by atoms with Gasteiger partial charge < -0.3 is 30.1 Å². The Balaban J connectivity index is 2.01. The van der Waals surface area contributed by atoms with Crippen molar-refractivity contribution in [1.82, 2.24) is 0 Å². The number of anilines is 1. The number of nitrogens with one attached hydrogen (secondary N) is 1. The molecule has 0 saturated carbocycles. The van der Waals surface area contributed by atoms with Crippen LogP contribution in [0.1, 0.15) is 6.92 Å². The van der Waals surface area contributed by atoms with Crippen molar-refractivity contribution in [3.05, 3.63) is 24.3 Å². The Labute approximate surface area is 130 Å². The summed E-state index contributed by atoms with van der Waals surface area (Å²) >= 11 is 4.65. The van der Waals surface area contributed by atoms with Crippen LogP contribution in [-0.4, -0.2) is 51.5 Å². The number of alkyl halides is 3. The van der Waals surface area contributed by atoms with Gasteiger partial charge in [0.05, 0.1) is 6.10 Å². The minimum atomic E-state index is -3.80. The van der Waals surface area contributed by atoms with Gasteiger partial charge >= 0.3 is 5.57 Å². The molecule has 5 atom stereocenters. The predicted octanol–water partition coefficient (Wildman–Crippen LogP) is 1.09. The van der Waals surface area contributed by atoms with Crippen molar-refractivity contribution >= 4 is 17.3 Å². The van der Waals surface area contributed by atoms with Crippen molar-refractivity contribution in [2.24, 2.45) is 0 Å². The van der Waals surface area contributed by atoms with Gasteiger partial charge in [-0.1, -0.05) is 0 Å². The highest BCUT2D eigenvalue weighted by Gasteiger charge is 2.41. The number of hydrogen-bond acceptors (Lipinski definition) is 6. The fourth-order valence-electron chi connectivity index (χ4n) is 2.09. The van der Waals surface area contributed by atoms with Gasteiger partial charge in [-0.05, 0) is 31.2 Å². The Morgan fingerprint density at radius 3 is 2.27 bits per heavy atom. The van der Waals surface area contributed by atoms with Crippen LogP contribution in [0.15, 0.2) is 24.3 Å². The molecule has 22 heavy (non-hydrogen) atoms. The largest absolute Gasteiger partial charge is 0.487 e. The first-order valence-electron chi connectivity index (χ1n) is 6.49. The summed E-state index contributed by atoms with van der Waals surface area (Å²) < 4.78 is 34.5. The Morgan fingerprint density at radius 1 is 1.14 bits per heavy atom. The lowest BCUT2D eigenvalue weighted by Crippen LogP contribution is -2.58. The minimum Gasteiger partial charge on any atom is -0.420 e. The molecule has 0 aliphatic carbocycles. The normalized spacial score (nSPS) is 32.6. The number of halogens is 3. The molecule has 0 radical (unpaired) electrons. The molecule has 2 rings (SSSR count). The molecule has 0 amide bonds. The van der Waals surface area contributed by atoms with Crippen LogP contribution in [0, 0.1) is 0 Å². The standard InChI is InChI=1S/C13H16ClF2NO5/c1-6-9(18)10(19)11(20)12(21-6)17-7-2-4-8(5-3-7)22-13(14,15)16/h2-6,9-12,17-20H,1H3/t6-,9-,10+,11-,12-/m0/s1. The summed E-state index contributed by atoms with van der Waals surface area (Å²) in [6.45, 7) is 1.55. The molecule has 0 unspecified atom stereocenters. The van der Waals surface area contributed by atoms with Crippen LogP contribution >= 0.6 is 11.6 Å². The Bertz CT molecular complexity index is 498. The van der Waals surface area contributed by atoms with Crippen molar-refractivity contribution in [3.8, 4) is 5.75 Å². The molecule has 1 aliphatic rings. The zero-order valence-electron chi connectivity index (χ0n) is 11.5. The molecular weight excluding hydrogens is 324 g/mol. The summed E-state index contributed by atoms with van der Waals surface area (Å²) in [7, 11) is 0. The molecule has 1 aromatic carbocycles. The van der Waals surface area contributed by atoms with Gasteiger partial charge in [0.15, 0.2) is 6.23 Å². The van der Waals surface area contributed by atoms with Crippen LogP contribution in [-0.2, 0) is 4.74 Å². The van der Waals surface area contributed by atoms with E-state index in [9.17, 15) is 24.1 Å². The Morgan fingerprint density at radius 2 is 1.73 bits per heavy atom. The molecule has 0 aromatic heterocycles. The number of rotatable bonds is 4. The second-order valence-corrected chi connectivity index (χ2v) is 5.39. The third-order valence-electron chi connectivity index (χ3n) is 3.25. The average Bonchev–Trinajstić information content (AvgIpc) is 2.43. The van der Waals surface area contributed by atoms with Crippen LogP contribution in [0.3, 0.4) is 0 Å². The van der Waals surface area contributed by atoms with E-state index in [1.807, 2.05) is 0 Å². The maximum absolute atomic E-state index is 12.5. The molecule has 124 valence electrons. The van der Waals surface area contributed by atoms with Gasteiger partial charge in [0.2, 0.25) is 0 Å². The second-order valence-electron chi connectivity index (χ2n) is 4.95. The maximum atomic E-state index is 12.5. The number of benzene rings is 1. The molecule has 4 N–H and O–H groups in total. The van der Waals surface area contributed by atoms with Crippen LogP contribution in [0.4, 0.5) is 14.5 Å². The highest BCUT2D eigenvalue weighted by atomic mass is 35.5. The number of ether oxygens (including phenoxy) is 2. The molecule has 1 heterocycles. The van der Waals surface area contributed by atoms with Crippen LogP contribution < -0.4 is 10.1 Å². The lowest BCUT2D eigenvalue weighted by atomic mass is 9.99. The van der Waals surface area contributed by atoms with Gasteiger partial charge in [0, 0.05) is 17.3 Å². The van der Waals surface area contributed by atoms with Gasteiger partial charge in [0.25, 0.3) is 0 Å². The highest BCUT2D eigenvalue weighted by Crippen LogP contribution is 2.27. The summed E-state index contributed by atoms with van der Waals surface area (Å²) in [6, 6.07) is 5.33. The molecule has 6 nitrogen and oxygen atoms in total. The maximum Gasteiger partial charge on any atom is 0.487 e. The van der Waals surface area contributed by atoms with Crippen molar-refractivity contribution in [2.45, 2.75) is 43.1 Å². The van der Waals surface area contributed by atoms with Crippen molar-refractivity contribution < 1.29 is 33.6 Å². The van der Waals surface area contributed by atoms with Gasteiger partial charge in [0.1, 0.15) is 24.1 Å². The monoisotopic (exact) mass is 339 g/mol. The van der Waals surface area contributed by atoms with E-state index < -0.39 is 36.2 Å². The van der Waals surface area contributed by atoms with Crippen LogP contribution in [0.5, 0.6) is 5.75 Å². The molecule has 0 bridgehead atoms. The van der Waals surface area contributed by atoms with E-state index in [0.29, 0.717) is 5.69 Å². The van der Waals surface area contributed by atoms with E-state index in [4.69, 9.17) is 4.74 Å². The topological polar surface area (TPSA) is 91.2 Å². The first-order valence-corrected chi connectivity index (χ1v) is 6.87. The number of aliphatic hydroxyl groups is 3. The molecule has 1 aromatic rings. The van der Waals surface area contributed by atoms with E-state index >= 15 is 0 Å². The quantitative estimate of drug-likeness (QED) is 0.614. The van der Waals surface area contributed by atoms with Gasteiger partial charge in [-0.2, -0.15) is 0 Å². The molecule has 0 spiro atoms. The average molecular weight is 340 g/mol. The Hall–Kier alpha value is -1.19. The summed E-state index contributed by atoms with van der Waals surface area (Å²) in [5.74, 6) is -0.139. The molecule has 1 saturated heterocycles. The van der Waals surface area contributed by atoms with E-state index in [1.54, 1.807) is 6.92 Å². The van der Waals surface area contributed by atoms with E-state index in [-0.39, 0.29) is 5.75 Å². The summed E-state index contributed by atoms with van der Waals surface area (Å²) in [5, 5.41) is 31.9. The van der Waals surface area contributed by atoms with E-state index in [1.165, 1.54) is 24.3 Å². The summed E-state index contributed by atoms with van der Waals surface area (Å²) in [4.78, 5) is 0. The molecule has 9 heteroatoms. The lowest BCUT2D eigenvalue weighted by molar-refractivity contribution is -0.209. The zero-order chi connectivity index (χ0) is 16.5. The Kier molecular flexibility index (Phi) is 5.08. The predicted molar refractivity (Wildman–Crippen MR) is 73.8 cm³/mol. The smallest absolute Gasteiger partial charge is 0.420 e. The van der Waals surface area contributed by atoms with Gasteiger partial charge in [-0.25, -0.2) is 0 Å². The first kappa shape index (κ1) is 17.2. The third kappa shape index (κ3) is 4.17. The molecule has 1 aliphatic heterocycles. The van der Waals surface area contributed by atoms with Crippen LogP contribution in [0.25, 0.3) is 0 Å². The summed E-state index contributed by atoms with van der Waals surface area (Å²) in [6.07, 6.45) is -5.56. The van der Waals surface area contributed by atoms with Crippen molar-refractivity contribution in [3.63, 3.8) is 0 Å². The van der Waals surface area contributed by atoms with Gasteiger partial charge in [-0.15, -0.1) is 8.78 Å². The summed E-state index contributed by atoms with van der Waals surface area (Å²) in [5.41, 5.74) is -3.36. The fraction of sp³-hybridized carbons (Fsp3) is 0.538. The number of aliphatic hydroxyl groups excluding tert-OH is 3. The number of hydrogen-bond donors (Lipinski definition) is 4. The molecule has 1 fully saturated rings. The second kappa shape index (κ2) is 6.51. The SMILES string of the molecule is C[C@@H]1O[C@H](Nc2ccc(OC(F)(F)Cl)cc2)[C@@H](O)[C@H](O)[C@H]1O. The highest BCUT2D eigenvalue weighted by molar-refractivity contribution is 6.20. The lowest BCUT2D eigenvalue weighted by Gasteiger charge is -2.39. The van der Waals surface area contributed by atoms with Crippen molar-refractivity contribution in [1.29, 1.82) is 0 Å². The van der Waals surface area contributed by atoms with Gasteiger partial charge in [-0.3, -0.25) is 0 Å². The third-order valence-corrected chi connectivity index (χ3v) is 3.33. The van der Waals surface area contributed by atoms with E-state index in [2.05, 4.69) is 21.7 Å². The first-order chi connectivity index (χ1) is 10.2. The molecular formula is C13H16ClF2NO5. The zero-order valence-corrected chi connectivity index (χ0v) is 12.2. The van der Waals surface area contributed by atoms with Crippen molar-refractivity contribution in [2.75, 3.05) is 5.32 Å².